The van der Waals surface area contributed by atoms with E-state index in [9.17, 15) is 0 Å². The average molecular weight is 399 g/mol. The molecule has 0 aliphatic carbocycles. The second kappa shape index (κ2) is 10.8. The van der Waals surface area contributed by atoms with E-state index in [0.29, 0.717) is 23.0 Å². The van der Waals surface area contributed by atoms with Crippen LogP contribution in [0.25, 0.3) is 11.1 Å². The van der Waals surface area contributed by atoms with E-state index in [-0.39, 0.29) is 25.4 Å². The summed E-state index contributed by atoms with van der Waals surface area (Å²) >= 11 is 6.43. The fourth-order valence-corrected chi connectivity index (χ4v) is 2.59. The van der Waals surface area contributed by atoms with Crippen molar-refractivity contribution in [1.29, 1.82) is 0 Å². The lowest BCUT2D eigenvalue weighted by atomic mass is 10.0. The molecule has 0 radical (unpaired) electrons. The molecule has 0 unspecified atom stereocenters. The molecule has 0 atom stereocenters. The van der Waals surface area contributed by atoms with E-state index in [1.54, 1.807) is 20.3 Å². The zero-order valence-electron chi connectivity index (χ0n) is 15.7. The summed E-state index contributed by atoms with van der Waals surface area (Å²) < 4.78 is 37.0. The van der Waals surface area contributed by atoms with Crippen LogP contribution < -0.4 is 18.9 Å². The standard InChI is InChI=1S/C19H23ClO7/c1-21-10-25-14-7-5-13(6-8-14)15-9-16(26-11-22-2)17(20)19(18(15)24-4)27-12-23-3/h5-9H,10-12H2,1-4H3. The van der Waals surface area contributed by atoms with Crippen LogP contribution in [-0.4, -0.2) is 48.8 Å². The maximum absolute atomic E-state index is 6.43. The van der Waals surface area contributed by atoms with Crippen LogP contribution in [0.4, 0.5) is 0 Å². The lowest BCUT2D eigenvalue weighted by molar-refractivity contribution is 0.0449. The van der Waals surface area contributed by atoms with Crippen LogP contribution in [0.5, 0.6) is 23.0 Å². The summed E-state index contributed by atoms with van der Waals surface area (Å²) in [5, 5.41) is 0.268. The summed E-state index contributed by atoms with van der Waals surface area (Å²) in [4.78, 5) is 0. The Morgan fingerprint density at radius 3 is 1.93 bits per heavy atom. The molecule has 0 spiro atoms. The maximum atomic E-state index is 6.43. The molecule has 0 aliphatic heterocycles. The quantitative estimate of drug-likeness (QED) is 0.531. The summed E-state index contributed by atoms with van der Waals surface area (Å²) in [6.07, 6.45) is 0. The molecule has 27 heavy (non-hydrogen) atoms. The Balaban J connectivity index is 2.48. The van der Waals surface area contributed by atoms with Crippen LogP contribution in [0.3, 0.4) is 0 Å². The topological polar surface area (TPSA) is 64.6 Å². The van der Waals surface area contributed by atoms with Gasteiger partial charge >= 0.3 is 0 Å². The number of ether oxygens (including phenoxy) is 7. The van der Waals surface area contributed by atoms with Gasteiger partial charge in [0.1, 0.15) is 16.5 Å². The largest absolute Gasteiger partial charge is 0.492 e. The zero-order chi connectivity index (χ0) is 19.6. The van der Waals surface area contributed by atoms with Gasteiger partial charge < -0.3 is 33.2 Å². The highest BCUT2D eigenvalue weighted by Gasteiger charge is 2.21. The zero-order valence-corrected chi connectivity index (χ0v) is 16.5. The molecule has 0 heterocycles. The van der Waals surface area contributed by atoms with Crippen molar-refractivity contribution in [3.63, 3.8) is 0 Å². The van der Waals surface area contributed by atoms with Gasteiger partial charge in [0.05, 0.1) is 7.11 Å². The first-order chi connectivity index (χ1) is 13.2. The van der Waals surface area contributed by atoms with E-state index < -0.39 is 0 Å². The van der Waals surface area contributed by atoms with Crippen molar-refractivity contribution in [2.45, 2.75) is 0 Å². The second-order valence-electron chi connectivity index (χ2n) is 5.28. The van der Waals surface area contributed by atoms with Crippen molar-refractivity contribution in [2.75, 3.05) is 48.8 Å². The minimum Gasteiger partial charge on any atom is -0.492 e. The van der Waals surface area contributed by atoms with E-state index in [1.807, 2.05) is 24.3 Å². The molecular weight excluding hydrogens is 376 g/mol. The smallest absolute Gasteiger partial charge is 0.188 e. The average Bonchev–Trinajstić information content (AvgIpc) is 2.70. The summed E-state index contributed by atoms with van der Waals surface area (Å²) in [5.41, 5.74) is 1.59. The molecule has 2 aromatic rings. The van der Waals surface area contributed by atoms with Crippen molar-refractivity contribution in [2.24, 2.45) is 0 Å². The SMILES string of the molecule is COCOc1ccc(-c2cc(OCOC)c(Cl)c(OCOC)c2OC)cc1. The van der Waals surface area contributed by atoms with Crippen LogP contribution in [0, 0.1) is 0 Å². The number of hydrogen-bond acceptors (Lipinski definition) is 7. The second-order valence-corrected chi connectivity index (χ2v) is 5.65. The van der Waals surface area contributed by atoms with E-state index in [2.05, 4.69) is 0 Å². The Hall–Kier alpha value is -2.19. The van der Waals surface area contributed by atoms with Gasteiger partial charge in [0.2, 0.25) is 0 Å². The molecule has 8 heteroatoms. The van der Waals surface area contributed by atoms with Crippen LogP contribution in [-0.2, 0) is 14.2 Å². The van der Waals surface area contributed by atoms with Gasteiger partial charge in [0.25, 0.3) is 0 Å². The van der Waals surface area contributed by atoms with Gasteiger partial charge in [0.15, 0.2) is 31.9 Å². The predicted octanol–water partition coefficient (Wildman–Crippen LogP) is 3.96. The summed E-state index contributed by atoms with van der Waals surface area (Å²) in [6, 6.07) is 9.19. The molecule has 0 saturated carbocycles. The fourth-order valence-electron chi connectivity index (χ4n) is 2.34. The molecule has 0 aliphatic rings. The van der Waals surface area contributed by atoms with Crippen molar-refractivity contribution in [3.8, 4) is 34.1 Å². The normalized spacial score (nSPS) is 10.6. The van der Waals surface area contributed by atoms with Gasteiger partial charge in [-0.05, 0) is 23.8 Å². The first-order valence-electron chi connectivity index (χ1n) is 8.02. The molecule has 2 aromatic carbocycles. The third kappa shape index (κ3) is 5.40. The van der Waals surface area contributed by atoms with Crippen molar-refractivity contribution >= 4 is 11.6 Å². The van der Waals surface area contributed by atoms with E-state index in [1.165, 1.54) is 14.2 Å². The van der Waals surface area contributed by atoms with Gasteiger partial charge in [-0.25, -0.2) is 0 Å². The fraction of sp³-hybridized carbons (Fsp3) is 0.368. The molecule has 148 valence electrons. The molecule has 0 fully saturated rings. The molecule has 0 bridgehead atoms. The lowest BCUT2D eigenvalue weighted by Gasteiger charge is -2.19. The van der Waals surface area contributed by atoms with E-state index in [4.69, 9.17) is 44.8 Å². The monoisotopic (exact) mass is 398 g/mol. The molecule has 2 rings (SSSR count). The maximum Gasteiger partial charge on any atom is 0.188 e. The van der Waals surface area contributed by atoms with Gasteiger partial charge in [-0.1, -0.05) is 23.7 Å². The first kappa shape index (κ1) is 21.1. The van der Waals surface area contributed by atoms with Crippen LogP contribution >= 0.6 is 11.6 Å². The van der Waals surface area contributed by atoms with E-state index in [0.717, 1.165) is 11.1 Å². The third-order valence-electron chi connectivity index (χ3n) is 3.51. The molecule has 0 saturated heterocycles. The van der Waals surface area contributed by atoms with E-state index >= 15 is 0 Å². The van der Waals surface area contributed by atoms with Gasteiger partial charge in [-0.15, -0.1) is 0 Å². The minimum absolute atomic E-state index is 0.00699. The van der Waals surface area contributed by atoms with Crippen molar-refractivity contribution in [1.82, 2.24) is 0 Å². The number of hydrogen-bond donors (Lipinski definition) is 0. The number of halogens is 1. The summed E-state index contributed by atoms with van der Waals surface area (Å²) in [7, 11) is 6.15. The Kier molecular flexibility index (Phi) is 8.47. The molecule has 0 amide bonds. The van der Waals surface area contributed by atoms with Gasteiger partial charge in [0, 0.05) is 26.9 Å². The van der Waals surface area contributed by atoms with Crippen molar-refractivity contribution in [3.05, 3.63) is 35.4 Å². The molecule has 0 aromatic heterocycles. The Bertz CT molecular complexity index is 719. The lowest BCUT2D eigenvalue weighted by Crippen LogP contribution is -2.05. The molecule has 0 N–H and O–H groups in total. The van der Waals surface area contributed by atoms with Crippen LogP contribution in [0.15, 0.2) is 30.3 Å². The van der Waals surface area contributed by atoms with Gasteiger partial charge in [-0.2, -0.15) is 0 Å². The van der Waals surface area contributed by atoms with Crippen molar-refractivity contribution < 1.29 is 33.2 Å². The Morgan fingerprint density at radius 2 is 1.33 bits per heavy atom. The molecular formula is C19H23ClO7. The van der Waals surface area contributed by atoms with Gasteiger partial charge in [-0.3, -0.25) is 0 Å². The Labute approximate surface area is 163 Å². The summed E-state index contributed by atoms with van der Waals surface area (Å²) in [6.45, 7) is 0.222. The number of rotatable bonds is 11. The third-order valence-corrected chi connectivity index (χ3v) is 3.87. The van der Waals surface area contributed by atoms with Crippen LogP contribution in [0.1, 0.15) is 0 Å². The van der Waals surface area contributed by atoms with Crippen LogP contribution in [0.2, 0.25) is 5.02 Å². The number of benzene rings is 2. The Morgan fingerprint density at radius 1 is 0.741 bits per heavy atom. The minimum atomic E-state index is 0.00699. The highest BCUT2D eigenvalue weighted by molar-refractivity contribution is 6.34. The predicted molar refractivity (Wildman–Crippen MR) is 101 cm³/mol. The highest BCUT2D eigenvalue weighted by Crippen LogP contribution is 2.48. The highest BCUT2D eigenvalue weighted by atomic mass is 35.5. The summed E-state index contributed by atoms with van der Waals surface area (Å²) in [5.74, 6) is 1.87. The number of methoxy groups -OCH3 is 4. The first-order valence-corrected chi connectivity index (χ1v) is 8.40. The molecule has 7 nitrogen and oxygen atoms in total.